The van der Waals surface area contributed by atoms with Crippen molar-refractivity contribution < 1.29 is 22.6 Å². The molecular formula is C14H19BrF3NO2. The van der Waals surface area contributed by atoms with Crippen molar-refractivity contribution in [3.05, 3.63) is 22.7 Å². The number of hydrogen-bond acceptors (Lipinski definition) is 3. The molecule has 0 bridgehead atoms. The zero-order valence-electron chi connectivity index (χ0n) is 12.1. The third kappa shape index (κ3) is 7.04. The Morgan fingerprint density at radius 3 is 2.43 bits per heavy atom. The lowest BCUT2D eigenvalue weighted by atomic mass is 10.2. The van der Waals surface area contributed by atoms with Crippen LogP contribution in [0, 0.1) is 0 Å². The molecule has 1 aromatic rings. The van der Waals surface area contributed by atoms with Gasteiger partial charge in [-0.3, -0.25) is 0 Å². The summed E-state index contributed by atoms with van der Waals surface area (Å²) in [5.41, 5.74) is 0. The van der Waals surface area contributed by atoms with Gasteiger partial charge in [-0.1, -0.05) is 20.8 Å². The lowest BCUT2D eigenvalue weighted by Crippen LogP contribution is -2.34. The molecule has 0 aliphatic carbocycles. The van der Waals surface area contributed by atoms with Crippen LogP contribution in [0.3, 0.4) is 0 Å². The minimum atomic E-state index is -4.71. The molecule has 0 radical (unpaired) electrons. The van der Waals surface area contributed by atoms with Gasteiger partial charge in [0.05, 0.1) is 4.47 Å². The van der Waals surface area contributed by atoms with Gasteiger partial charge in [0.25, 0.3) is 0 Å². The SMILES string of the molecule is CCC(CNC(C)C)Oc1ccc(OC(F)(F)F)c(Br)c1. The molecule has 1 aromatic carbocycles. The summed E-state index contributed by atoms with van der Waals surface area (Å²) in [7, 11) is 0. The summed E-state index contributed by atoms with van der Waals surface area (Å²) in [6, 6.07) is 4.51. The molecule has 0 aliphatic heterocycles. The number of alkyl halides is 3. The van der Waals surface area contributed by atoms with Crippen molar-refractivity contribution in [3.63, 3.8) is 0 Å². The van der Waals surface area contributed by atoms with Gasteiger partial charge in [-0.05, 0) is 40.5 Å². The summed E-state index contributed by atoms with van der Waals surface area (Å²) >= 11 is 3.05. The van der Waals surface area contributed by atoms with Crippen LogP contribution in [0.2, 0.25) is 0 Å². The van der Waals surface area contributed by atoms with E-state index in [1.165, 1.54) is 18.2 Å². The molecule has 1 N–H and O–H groups in total. The van der Waals surface area contributed by atoms with E-state index in [-0.39, 0.29) is 16.3 Å². The van der Waals surface area contributed by atoms with Crippen LogP contribution in [0.25, 0.3) is 0 Å². The number of halogens is 4. The Morgan fingerprint density at radius 1 is 1.29 bits per heavy atom. The van der Waals surface area contributed by atoms with Gasteiger partial charge in [-0.25, -0.2) is 0 Å². The first-order chi connectivity index (χ1) is 9.71. The zero-order valence-corrected chi connectivity index (χ0v) is 13.7. The van der Waals surface area contributed by atoms with Crippen molar-refractivity contribution in [2.75, 3.05) is 6.54 Å². The minimum absolute atomic E-state index is 0.0475. The highest BCUT2D eigenvalue weighted by Crippen LogP contribution is 2.33. The Balaban J connectivity index is 2.69. The number of benzene rings is 1. The van der Waals surface area contributed by atoms with E-state index >= 15 is 0 Å². The van der Waals surface area contributed by atoms with E-state index in [0.29, 0.717) is 18.3 Å². The molecule has 0 fully saturated rings. The Labute approximate surface area is 130 Å². The lowest BCUT2D eigenvalue weighted by Gasteiger charge is -2.20. The molecule has 0 aromatic heterocycles. The molecule has 7 heteroatoms. The first-order valence-corrected chi connectivity index (χ1v) is 7.46. The molecule has 0 heterocycles. The number of hydrogen-bond donors (Lipinski definition) is 1. The smallest absolute Gasteiger partial charge is 0.489 e. The maximum atomic E-state index is 12.2. The molecule has 0 amide bonds. The minimum Gasteiger partial charge on any atom is -0.489 e. The van der Waals surface area contributed by atoms with Gasteiger partial charge in [0, 0.05) is 12.6 Å². The van der Waals surface area contributed by atoms with E-state index in [1.54, 1.807) is 0 Å². The summed E-state index contributed by atoms with van der Waals surface area (Å²) in [4.78, 5) is 0. The third-order valence-electron chi connectivity index (χ3n) is 2.64. The molecule has 0 aliphatic rings. The highest BCUT2D eigenvalue weighted by Gasteiger charge is 2.32. The van der Waals surface area contributed by atoms with Gasteiger partial charge in [-0.15, -0.1) is 13.2 Å². The molecule has 1 atom stereocenters. The molecule has 1 rings (SSSR count). The maximum absolute atomic E-state index is 12.2. The predicted molar refractivity (Wildman–Crippen MR) is 78.7 cm³/mol. The van der Waals surface area contributed by atoms with Gasteiger partial charge in [-0.2, -0.15) is 0 Å². The normalized spacial score (nSPS) is 13.3. The van der Waals surface area contributed by atoms with Crippen LogP contribution in [0.4, 0.5) is 13.2 Å². The van der Waals surface area contributed by atoms with E-state index in [4.69, 9.17) is 4.74 Å². The average molecular weight is 370 g/mol. The van der Waals surface area contributed by atoms with E-state index in [0.717, 1.165) is 6.42 Å². The zero-order chi connectivity index (χ0) is 16.0. The number of rotatable bonds is 7. The van der Waals surface area contributed by atoms with Crippen LogP contribution < -0.4 is 14.8 Å². The van der Waals surface area contributed by atoms with Crippen molar-refractivity contribution in [1.82, 2.24) is 5.32 Å². The second-order valence-electron chi connectivity index (χ2n) is 4.85. The lowest BCUT2D eigenvalue weighted by molar-refractivity contribution is -0.274. The van der Waals surface area contributed by atoms with Gasteiger partial charge in [0.2, 0.25) is 0 Å². The van der Waals surface area contributed by atoms with E-state index < -0.39 is 6.36 Å². The summed E-state index contributed by atoms with van der Waals surface area (Å²) in [5.74, 6) is 0.206. The van der Waals surface area contributed by atoms with Crippen LogP contribution in [-0.2, 0) is 0 Å². The Morgan fingerprint density at radius 2 is 1.95 bits per heavy atom. The quantitative estimate of drug-likeness (QED) is 0.767. The summed E-state index contributed by atoms with van der Waals surface area (Å²) in [5, 5.41) is 3.26. The van der Waals surface area contributed by atoms with Crippen LogP contribution in [-0.4, -0.2) is 25.1 Å². The Hall–Kier alpha value is -0.950. The molecule has 120 valence electrons. The molecule has 0 saturated heterocycles. The standard InChI is InChI=1S/C14H19BrF3NO2/c1-4-10(8-19-9(2)3)20-11-5-6-13(12(15)7-11)21-14(16,17)18/h5-7,9-10,19H,4,8H2,1-3H3. The fraction of sp³-hybridized carbons (Fsp3) is 0.571. The summed E-state index contributed by atoms with van der Waals surface area (Å²) in [6.45, 7) is 6.73. The Kier molecular flexibility index (Phi) is 6.80. The summed E-state index contributed by atoms with van der Waals surface area (Å²) in [6.07, 6.45) is -3.97. The fourth-order valence-electron chi connectivity index (χ4n) is 1.59. The van der Waals surface area contributed by atoms with Crippen LogP contribution in [0.15, 0.2) is 22.7 Å². The topological polar surface area (TPSA) is 30.5 Å². The fourth-order valence-corrected chi connectivity index (χ4v) is 2.03. The molecular weight excluding hydrogens is 351 g/mol. The van der Waals surface area contributed by atoms with Crippen LogP contribution in [0.5, 0.6) is 11.5 Å². The van der Waals surface area contributed by atoms with Crippen molar-refractivity contribution in [1.29, 1.82) is 0 Å². The summed E-state index contributed by atoms with van der Waals surface area (Å²) < 4.78 is 46.4. The first kappa shape index (κ1) is 18.1. The first-order valence-electron chi connectivity index (χ1n) is 6.66. The highest BCUT2D eigenvalue weighted by atomic mass is 79.9. The highest BCUT2D eigenvalue weighted by molar-refractivity contribution is 9.10. The average Bonchev–Trinajstić information content (AvgIpc) is 2.36. The van der Waals surface area contributed by atoms with Gasteiger partial charge < -0.3 is 14.8 Å². The number of nitrogens with one attached hydrogen (secondary N) is 1. The monoisotopic (exact) mass is 369 g/mol. The van der Waals surface area contributed by atoms with Gasteiger partial charge in [0.15, 0.2) is 0 Å². The predicted octanol–water partition coefficient (Wildman–Crippen LogP) is 4.50. The molecule has 3 nitrogen and oxygen atoms in total. The third-order valence-corrected chi connectivity index (χ3v) is 3.26. The second kappa shape index (κ2) is 7.89. The molecule has 0 saturated carbocycles. The number of ether oxygens (including phenoxy) is 2. The van der Waals surface area contributed by atoms with E-state index in [1.807, 2.05) is 20.8 Å². The largest absolute Gasteiger partial charge is 0.573 e. The molecule has 1 unspecified atom stereocenters. The van der Waals surface area contributed by atoms with Crippen LogP contribution in [0.1, 0.15) is 27.2 Å². The second-order valence-corrected chi connectivity index (χ2v) is 5.71. The maximum Gasteiger partial charge on any atom is 0.573 e. The van der Waals surface area contributed by atoms with Crippen molar-refractivity contribution in [3.8, 4) is 11.5 Å². The van der Waals surface area contributed by atoms with E-state index in [2.05, 4.69) is 26.0 Å². The van der Waals surface area contributed by atoms with Crippen molar-refractivity contribution in [2.24, 2.45) is 0 Å². The van der Waals surface area contributed by atoms with Crippen molar-refractivity contribution in [2.45, 2.75) is 45.7 Å². The molecule has 0 spiro atoms. The molecule has 21 heavy (non-hydrogen) atoms. The van der Waals surface area contributed by atoms with Gasteiger partial charge >= 0.3 is 6.36 Å². The van der Waals surface area contributed by atoms with Crippen molar-refractivity contribution >= 4 is 15.9 Å². The van der Waals surface area contributed by atoms with E-state index in [9.17, 15) is 13.2 Å². The van der Waals surface area contributed by atoms with Crippen LogP contribution >= 0.6 is 15.9 Å². The Bertz CT molecular complexity index is 452. The van der Waals surface area contributed by atoms with Gasteiger partial charge in [0.1, 0.15) is 17.6 Å².